The van der Waals surface area contributed by atoms with Crippen molar-refractivity contribution in [1.82, 2.24) is 4.81 Å². The number of nitrogens with zero attached hydrogens (tertiary/aromatic N) is 1. The van der Waals surface area contributed by atoms with Crippen molar-refractivity contribution in [1.29, 1.82) is 0 Å². The Bertz CT molecular complexity index is 684. The number of rotatable bonds is 5. The standard InChI is InChI=1S/C18H23BBrNO4/c1-3-24-18(22)14-8-12-10-16(20)17(11-13(12)9-14)25-15-4-6-21(7-5-15)19(2)23/h9-11,15,23H,3-8H2,1-2H3. The molecule has 0 amide bonds. The molecule has 1 aliphatic carbocycles. The molecule has 7 heteroatoms. The number of halogens is 1. The minimum absolute atomic E-state index is 0.138. The van der Waals surface area contributed by atoms with Crippen LogP contribution in [0.1, 0.15) is 30.9 Å². The van der Waals surface area contributed by atoms with Crippen molar-refractivity contribution in [2.45, 2.75) is 39.1 Å². The van der Waals surface area contributed by atoms with E-state index in [1.807, 2.05) is 29.9 Å². The van der Waals surface area contributed by atoms with Crippen LogP contribution in [-0.2, 0) is 16.0 Å². The summed E-state index contributed by atoms with van der Waals surface area (Å²) in [5.41, 5.74) is 2.81. The summed E-state index contributed by atoms with van der Waals surface area (Å²) in [6.07, 6.45) is 4.40. The van der Waals surface area contributed by atoms with Gasteiger partial charge in [0, 0.05) is 12.0 Å². The highest BCUT2D eigenvalue weighted by atomic mass is 79.9. The van der Waals surface area contributed by atoms with E-state index in [-0.39, 0.29) is 12.1 Å². The molecule has 1 heterocycles. The summed E-state index contributed by atoms with van der Waals surface area (Å²) in [5, 5.41) is 9.64. The zero-order valence-corrected chi connectivity index (χ0v) is 16.2. The van der Waals surface area contributed by atoms with Gasteiger partial charge in [0.05, 0.1) is 11.1 Å². The van der Waals surface area contributed by atoms with E-state index in [4.69, 9.17) is 9.47 Å². The summed E-state index contributed by atoms with van der Waals surface area (Å²) in [5.74, 6) is 0.554. The van der Waals surface area contributed by atoms with Crippen LogP contribution in [-0.4, -0.2) is 48.7 Å². The van der Waals surface area contributed by atoms with E-state index in [1.165, 1.54) is 0 Å². The molecule has 25 heavy (non-hydrogen) atoms. The molecule has 0 unspecified atom stereocenters. The van der Waals surface area contributed by atoms with Crippen LogP contribution >= 0.6 is 15.9 Å². The molecule has 2 aliphatic rings. The van der Waals surface area contributed by atoms with E-state index in [0.717, 1.165) is 47.3 Å². The Kier molecular flexibility index (Phi) is 5.87. The minimum atomic E-state index is -0.404. The lowest BCUT2D eigenvalue weighted by Crippen LogP contribution is -2.45. The molecule has 1 aromatic carbocycles. The highest BCUT2D eigenvalue weighted by Crippen LogP contribution is 2.36. The van der Waals surface area contributed by atoms with Crippen molar-refractivity contribution in [2.75, 3.05) is 19.7 Å². The first kappa shape index (κ1) is 18.5. The van der Waals surface area contributed by atoms with Gasteiger partial charge in [-0.25, -0.2) is 4.79 Å². The zero-order chi connectivity index (χ0) is 18.0. The van der Waals surface area contributed by atoms with Gasteiger partial charge in [-0.2, -0.15) is 0 Å². The first-order valence-corrected chi connectivity index (χ1v) is 9.56. The topological polar surface area (TPSA) is 59.0 Å². The number of esters is 1. The second-order valence-electron chi connectivity index (χ2n) is 6.53. The van der Waals surface area contributed by atoms with Crippen molar-refractivity contribution in [3.05, 3.63) is 33.3 Å². The number of hydrogen-bond donors (Lipinski definition) is 1. The quantitative estimate of drug-likeness (QED) is 0.600. The van der Waals surface area contributed by atoms with Gasteiger partial charge in [-0.05, 0) is 84.9 Å². The lowest BCUT2D eigenvalue weighted by Gasteiger charge is -2.33. The number of hydrogen-bond acceptors (Lipinski definition) is 5. The number of carbonyl (C=O) groups excluding carboxylic acids is 1. The molecule has 0 saturated carbocycles. The number of fused-ring (bicyclic) bond motifs is 1. The first-order valence-electron chi connectivity index (χ1n) is 8.76. The average Bonchev–Trinajstić information content (AvgIpc) is 2.99. The van der Waals surface area contributed by atoms with Gasteiger partial charge in [-0.15, -0.1) is 0 Å². The number of ether oxygens (including phenoxy) is 2. The van der Waals surface area contributed by atoms with Crippen LogP contribution in [0.4, 0.5) is 0 Å². The van der Waals surface area contributed by atoms with Gasteiger partial charge >= 0.3 is 13.0 Å². The van der Waals surface area contributed by atoms with Gasteiger partial charge in [0.2, 0.25) is 0 Å². The fraction of sp³-hybridized carbons (Fsp3) is 0.500. The van der Waals surface area contributed by atoms with Gasteiger partial charge in [-0.3, -0.25) is 0 Å². The molecule has 5 nitrogen and oxygen atoms in total. The molecule has 0 spiro atoms. The Morgan fingerprint density at radius 3 is 2.76 bits per heavy atom. The molecule has 1 fully saturated rings. The van der Waals surface area contributed by atoms with Crippen molar-refractivity contribution >= 4 is 35.0 Å². The molecule has 1 N–H and O–H groups in total. The molecule has 1 aromatic rings. The Hall–Kier alpha value is -1.31. The van der Waals surface area contributed by atoms with Gasteiger partial charge in [0.25, 0.3) is 0 Å². The van der Waals surface area contributed by atoms with Crippen LogP contribution in [0.2, 0.25) is 6.82 Å². The highest BCUT2D eigenvalue weighted by Gasteiger charge is 2.26. The third-order valence-corrected chi connectivity index (χ3v) is 5.36. The molecular formula is C18H23BBrNO4. The van der Waals surface area contributed by atoms with Crippen molar-refractivity contribution in [2.24, 2.45) is 0 Å². The summed E-state index contributed by atoms with van der Waals surface area (Å²) in [6.45, 7) is 5.66. The zero-order valence-electron chi connectivity index (χ0n) is 14.6. The average molecular weight is 408 g/mol. The predicted octanol–water partition coefficient (Wildman–Crippen LogP) is 2.91. The Labute approximate surface area is 157 Å². The number of carbonyl (C=O) groups is 1. The van der Waals surface area contributed by atoms with E-state index in [1.54, 1.807) is 6.82 Å². The van der Waals surface area contributed by atoms with Gasteiger partial charge in [0.1, 0.15) is 11.9 Å². The van der Waals surface area contributed by atoms with Gasteiger partial charge < -0.3 is 19.3 Å². The van der Waals surface area contributed by atoms with Crippen LogP contribution < -0.4 is 4.74 Å². The van der Waals surface area contributed by atoms with Crippen LogP contribution in [0.3, 0.4) is 0 Å². The smallest absolute Gasteiger partial charge is 0.376 e. The lowest BCUT2D eigenvalue weighted by atomic mass is 9.82. The molecule has 0 bridgehead atoms. The highest BCUT2D eigenvalue weighted by molar-refractivity contribution is 9.10. The van der Waals surface area contributed by atoms with E-state index in [9.17, 15) is 9.82 Å². The second kappa shape index (κ2) is 7.93. The Morgan fingerprint density at radius 1 is 1.40 bits per heavy atom. The maximum atomic E-state index is 11.9. The monoisotopic (exact) mass is 407 g/mol. The molecular weight excluding hydrogens is 385 g/mol. The molecule has 3 rings (SSSR count). The van der Waals surface area contributed by atoms with Crippen molar-refractivity contribution in [3.8, 4) is 5.75 Å². The maximum absolute atomic E-state index is 11.9. The van der Waals surface area contributed by atoms with E-state index in [2.05, 4.69) is 15.9 Å². The van der Waals surface area contributed by atoms with Crippen LogP contribution in [0.25, 0.3) is 6.08 Å². The van der Waals surface area contributed by atoms with E-state index >= 15 is 0 Å². The number of benzene rings is 1. The van der Waals surface area contributed by atoms with E-state index < -0.39 is 7.05 Å². The molecule has 0 radical (unpaired) electrons. The van der Waals surface area contributed by atoms with Crippen LogP contribution in [0.15, 0.2) is 22.2 Å². The van der Waals surface area contributed by atoms with Crippen LogP contribution in [0, 0.1) is 0 Å². The summed E-state index contributed by atoms with van der Waals surface area (Å²) in [6, 6.07) is 4.02. The molecule has 0 atom stereocenters. The van der Waals surface area contributed by atoms with Crippen molar-refractivity contribution in [3.63, 3.8) is 0 Å². The fourth-order valence-corrected chi connectivity index (χ4v) is 3.82. The SMILES string of the molecule is CCOC(=O)C1=Cc2cc(OC3CCN(B(C)O)CC3)c(Br)cc2C1. The maximum Gasteiger partial charge on any atom is 0.376 e. The lowest BCUT2D eigenvalue weighted by molar-refractivity contribution is -0.138. The van der Waals surface area contributed by atoms with Crippen molar-refractivity contribution < 1.29 is 19.3 Å². The van der Waals surface area contributed by atoms with Gasteiger partial charge in [-0.1, -0.05) is 0 Å². The summed E-state index contributed by atoms with van der Waals surface area (Å²) >= 11 is 3.58. The molecule has 1 aliphatic heterocycles. The van der Waals surface area contributed by atoms with Crippen LogP contribution in [0.5, 0.6) is 5.75 Å². The molecule has 134 valence electrons. The first-order chi connectivity index (χ1) is 12.0. The Morgan fingerprint density at radius 2 is 2.12 bits per heavy atom. The molecule has 1 saturated heterocycles. The molecule has 0 aromatic heterocycles. The third kappa shape index (κ3) is 4.27. The summed E-state index contributed by atoms with van der Waals surface area (Å²) < 4.78 is 12.2. The Balaban J connectivity index is 1.68. The minimum Gasteiger partial charge on any atom is -0.489 e. The predicted molar refractivity (Wildman–Crippen MR) is 102 cm³/mol. The van der Waals surface area contributed by atoms with E-state index in [0.29, 0.717) is 18.6 Å². The fourth-order valence-electron chi connectivity index (χ4n) is 3.33. The summed E-state index contributed by atoms with van der Waals surface area (Å²) in [7, 11) is -0.404. The second-order valence-corrected chi connectivity index (χ2v) is 7.39. The third-order valence-electron chi connectivity index (χ3n) is 4.74. The summed E-state index contributed by atoms with van der Waals surface area (Å²) in [4.78, 5) is 14.0. The number of piperidine rings is 1. The van der Waals surface area contributed by atoms with Gasteiger partial charge in [0.15, 0.2) is 0 Å². The normalized spacial score (nSPS) is 17.8. The largest absolute Gasteiger partial charge is 0.489 e.